The summed E-state index contributed by atoms with van der Waals surface area (Å²) in [5, 5.41) is 8.98. The van der Waals surface area contributed by atoms with E-state index >= 15 is 0 Å². The monoisotopic (exact) mass is 353 g/mol. The van der Waals surface area contributed by atoms with Crippen molar-refractivity contribution in [1.82, 2.24) is 14.6 Å². The Bertz CT molecular complexity index is 1100. The van der Waals surface area contributed by atoms with Crippen LogP contribution < -0.4 is 10.1 Å². The van der Waals surface area contributed by atoms with Gasteiger partial charge in [0.05, 0.1) is 4.53 Å². The maximum atomic E-state index is 12.7. The topological polar surface area (TPSA) is 47.3 Å². The average molecular weight is 354 g/mol. The van der Waals surface area contributed by atoms with Gasteiger partial charge in [-0.2, -0.15) is 0 Å². The number of benzene rings is 2. The van der Waals surface area contributed by atoms with E-state index < -0.39 is 0 Å². The molecule has 4 nitrogen and oxygen atoms in total. The summed E-state index contributed by atoms with van der Waals surface area (Å²) < 4.78 is 2.23. The molecular formula is C18H12ClN3OS. The molecular weight excluding hydrogens is 342 g/mol. The van der Waals surface area contributed by atoms with E-state index in [2.05, 4.69) is 10.2 Å². The first-order valence-corrected chi connectivity index (χ1v) is 8.58. The lowest BCUT2D eigenvalue weighted by molar-refractivity contribution is 0.918. The van der Waals surface area contributed by atoms with Crippen LogP contribution in [0.4, 0.5) is 0 Å². The Balaban J connectivity index is 1.79. The number of thiazole rings is 1. The molecule has 0 aliphatic rings. The lowest BCUT2D eigenvalue weighted by Crippen LogP contribution is -2.24. The van der Waals surface area contributed by atoms with E-state index in [1.807, 2.05) is 48.5 Å². The third-order valence-corrected chi connectivity index (χ3v) is 4.90. The van der Waals surface area contributed by atoms with Crippen molar-refractivity contribution >= 4 is 34.0 Å². The van der Waals surface area contributed by atoms with E-state index in [9.17, 15) is 4.79 Å². The Kier molecular flexibility index (Phi) is 3.88. The molecule has 2 aromatic heterocycles. The van der Waals surface area contributed by atoms with Gasteiger partial charge in [-0.25, -0.2) is 4.40 Å². The van der Waals surface area contributed by atoms with Gasteiger partial charge in [-0.05, 0) is 29.3 Å². The zero-order valence-corrected chi connectivity index (χ0v) is 14.1. The third kappa shape index (κ3) is 2.84. The molecule has 2 heterocycles. The second-order valence-electron chi connectivity index (χ2n) is 5.36. The highest BCUT2D eigenvalue weighted by atomic mass is 35.5. The van der Waals surface area contributed by atoms with Crippen LogP contribution in [0.1, 0.15) is 17.0 Å². The van der Waals surface area contributed by atoms with Crippen molar-refractivity contribution in [3.8, 4) is 0 Å². The molecule has 0 aliphatic heterocycles. The van der Waals surface area contributed by atoms with Gasteiger partial charge >= 0.3 is 0 Å². The Morgan fingerprint density at radius 2 is 1.79 bits per heavy atom. The van der Waals surface area contributed by atoms with Gasteiger partial charge in [0.25, 0.3) is 5.56 Å². The van der Waals surface area contributed by atoms with E-state index in [-0.39, 0.29) is 5.56 Å². The fourth-order valence-corrected chi connectivity index (χ4v) is 3.57. The Labute approximate surface area is 146 Å². The molecule has 0 unspecified atom stereocenters. The Morgan fingerprint density at radius 3 is 2.54 bits per heavy atom. The number of halogens is 1. The van der Waals surface area contributed by atoms with Crippen LogP contribution in [0.3, 0.4) is 0 Å². The standard InChI is InChI=1S/C18H12ClN3OS/c19-14-8-6-13(7-9-14)10-15-17(23)22-16(20-21-18(22)24-15)11-12-4-2-1-3-5-12/h1-10H,11H2/b15-10-. The maximum Gasteiger partial charge on any atom is 0.275 e. The number of rotatable bonds is 3. The van der Waals surface area contributed by atoms with Crippen LogP contribution in [0.25, 0.3) is 11.0 Å². The van der Waals surface area contributed by atoms with Crippen molar-refractivity contribution in [2.45, 2.75) is 6.42 Å². The average Bonchev–Trinajstić information content (AvgIpc) is 3.12. The van der Waals surface area contributed by atoms with Crippen molar-refractivity contribution in [3.63, 3.8) is 0 Å². The van der Waals surface area contributed by atoms with E-state index in [4.69, 9.17) is 11.6 Å². The van der Waals surface area contributed by atoms with Crippen LogP contribution in [-0.2, 0) is 6.42 Å². The summed E-state index contributed by atoms with van der Waals surface area (Å²) in [5.74, 6) is 0.660. The fraction of sp³-hybridized carbons (Fsp3) is 0.0556. The second-order valence-corrected chi connectivity index (χ2v) is 6.81. The maximum absolute atomic E-state index is 12.7. The number of nitrogens with zero attached hydrogens (tertiary/aromatic N) is 3. The van der Waals surface area contributed by atoms with Gasteiger partial charge < -0.3 is 0 Å². The highest BCUT2D eigenvalue weighted by molar-refractivity contribution is 7.15. The van der Waals surface area contributed by atoms with Gasteiger partial charge in [0.2, 0.25) is 4.96 Å². The molecule has 0 spiro atoms. The molecule has 0 aliphatic carbocycles. The van der Waals surface area contributed by atoms with Crippen LogP contribution in [0.5, 0.6) is 0 Å². The predicted octanol–water partition coefficient (Wildman–Crippen LogP) is 2.94. The molecule has 0 saturated carbocycles. The van der Waals surface area contributed by atoms with E-state index in [1.54, 1.807) is 16.5 Å². The summed E-state index contributed by atoms with van der Waals surface area (Å²) >= 11 is 7.24. The molecule has 0 fully saturated rings. The predicted molar refractivity (Wildman–Crippen MR) is 96.6 cm³/mol. The van der Waals surface area contributed by atoms with Crippen molar-refractivity contribution in [2.75, 3.05) is 0 Å². The van der Waals surface area contributed by atoms with Crippen molar-refractivity contribution < 1.29 is 0 Å². The van der Waals surface area contributed by atoms with Crippen molar-refractivity contribution in [1.29, 1.82) is 0 Å². The molecule has 0 bridgehead atoms. The van der Waals surface area contributed by atoms with Crippen LogP contribution in [0.2, 0.25) is 5.02 Å². The fourth-order valence-electron chi connectivity index (χ4n) is 2.52. The smallest absolute Gasteiger partial charge is 0.267 e. The molecule has 118 valence electrons. The zero-order valence-electron chi connectivity index (χ0n) is 12.5. The van der Waals surface area contributed by atoms with E-state index in [0.29, 0.717) is 26.8 Å². The largest absolute Gasteiger partial charge is 0.275 e. The number of hydrogen-bond donors (Lipinski definition) is 0. The molecule has 2 aromatic carbocycles. The molecule has 0 amide bonds. The normalized spacial score (nSPS) is 12.1. The van der Waals surface area contributed by atoms with E-state index in [0.717, 1.165) is 11.1 Å². The molecule has 6 heteroatoms. The summed E-state index contributed by atoms with van der Waals surface area (Å²) in [4.78, 5) is 13.3. The van der Waals surface area contributed by atoms with Gasteiger partial charge in [0, 0.05) is 11.4 Å². The molecule has 0 N–H and O–H groups in total. The first-order valence-electron chi connectivity index (χ1n) is 7.39. The summed E-state index contributed by atoms with van der Waals surface area (Å²) in [6.45, 7) is 0. The summed E-state index contributed by atoms with van der Waals surface area (Å²) in [5.41, 5.74) is 1.94. The number of hydrogen-bond acceptors (Lipinski definition) is 4. The van der Waals surface area contributed by atoms with Crippen LogP contribution in [0, 0.1) is 0 Å². The van der Waals surface area contributed by atoms with Crippen molar-refractivity contribution in [2.24, 2.45) is 0 Å². The number of fused-ring (bicyclic) bond motifs is 1. The molecule has 0 saturated heterocycles. The minimum atomic E-state index is -0.0825. The quantitative estimate of drug-likeness (QED) is 0.569. The van der Waals surface area contributed by atoms with Crippen LogP contribution >= 0.6 is 22.9 Å². The lowest BCUT2D eigenvalue weighted by atomic mass is 10.1. The van der Waals surface area contributed by atoms with Gasteiger partial charge in [0.15, 0.2) is 0 Å². The zero-order chi connectivity index (χ0) is 16.5. The SMILES string of the molecule is O=c1/c(=C/c2ccc(Cl)cc2)sc2nnc(Cc3ccccc3)n12. The molecule has 0 radical (unpaired) electrons. The molecule has 24 heavy (non-hydrogen) atoms. The lowest BCUT2D eigenvalue weighted by Gasteiger charge is -1.97. The minimum absolute atomic E-state index is 0.0825. The summed E-state index contributed by atoms with van der Waals surface area (Å²) in [6.07, 6.45) is 2.43. The Hall–Kier alpha value is -2.50. The molecule has 4 rings (SSSR count). The van der Waals surface area contributed by atoms with E-state index in [1.165, 1.54) is 11.3 Å². The van der Waals surface area contributed by atoms with Gasteiger partial charge in [-0.3, -0.25) is 4.79 Å². The number of aromatic nitrogens is 3. The first-order chi connectivity index (χ1) is 11.7. The molecule has 4 aromatic rings. The summed E-state index contributed by atoms with van der Waals surface area (Å²) in [6, 6.07) is 17.3. The van der Waals surface area contributed by atoms with Gasteiger partial charge in [0.1, 0.15) is 5.82 Å². The van der Waals surface area contributed by atoms with Crippen LogP contribution in [0.15, 0.2) is 59.4 Å². The van der Waals surface area contributed by atoms with Crippen LogP contribution in [-0.4, -0.2) is 14.6 Å². The van der Waals surface area contributed by atoms with Gasteiger partial charge in [-0.1, -0.05) is 65.4 Å². The minimum Gasteiger partial charge on any atom is -0.267 e. The third-order valence-electron chi connectivity index (χ3n) is 3.69. The highest BCUT2D eigenvalue weighted by Gasteiger charge is 2.12. The van der Waals surface area contributed by atoms with Gasteiger partial charge in [-0.15, -0.1) is 10.2 Å². The highest BCUT2D eigenvalue weighted by Crippen LogP contribution is 2.11. The first kappa shape index (κ1) is 15.1. The second kappa shape index (κ2) is 6.19. The summed E-state index contributed by atoms with van der Waals surface area (Å²) in [7, 11) is 0. The Morgan fingerprint density at radius 1 is 1.04 bits per heavy atom. The van der Waals surface area contributed by atoms with Crippen molar-refractivity contribution in [3.05, 3.63) is 91.5 Å². The molecule has 0 atom stereocenters.